The van der Waals surface area contributed by atoms with Crippen LogP contribution < -0.4 is 7.66 Å². The van der Waals surface area contributed by atoms with Gasteiger partial charge in [-0.05, 0) is 22.3 Å². The minimum Gasteiger partial charge on any atom is -0.417 e. The quantitative estimate of drug-likeness (QED) is 0.202. The molecule has 166 valence electrons. The van der Waals surface area contributed by atoms with Gasteiger partial charge in [0.1, 0.15) is 0 Å². The molecule has 0 fully saturated rings. The summed E-state index contributed by atoms with van der Waals surface area (Å²) < 4.78 is 12.1. The van der Waals surface area contributed by atoms with E-state index in [1.54, 1.807) is 0 Å². The van der Waals surface area contributed by atoms with Gasteiger partial charge < -0.3 is 7.66 Å². The van der Waals surface area contributed by atoms with E-state index in [9.17, 15) is 0 Å². The predicted octanol–water partition coefficient (Wildman–Crippen LogP) is 9.73. The summed E-state index contributed by atoms with van der Waals surface area (Å²) in [6, 6.07) is 41.0. The number of halogens is 2. The predicted molar refractivity (Wildman–Crippen MR) is 147 cm³/mol. The Morgan fingerprint density at radius 1 is 0.324 bits per heavy atom. The Kier molecular flexibility index (Phi) is 6.79. The summed E-state index contributed by atoms with van der Waals surface area (Å²) in [5, 5.41) is 0. The molecule has 34 heavy (non-hydrogen) atoms. The van der Waals surface area contributed by atoms with Crippen molar-refractivity contribution < 1.29 is 7.66 Å². The first-order chi connectivity index (χ1) is 16.8. The fourth-order valence-electron chi connectivity index (χ4n) is 4.38. The topological polar surface area (TPSA) is 18.5 Å². The van der Waals surface area contributed by atoms with Crippen molar-refractivity contribution in [1.29, 1.82) is 0 Å². The van der Waals surface area contributed by atoms with Gasteiger partial charge in [-0.2, -0.15) is 0 Å². The molecular formula is C30H20Br2O2. The van der Waals surface area contributed by atoms with Gasteiger partial charge in [0.25, 0.3) is 0 Å². The molecule has 0 radical (unpaired) electrons. The fraction of sp³-hybridized carbons (Fsp3) is 0. The van der Waals surface area contributed by atoms with E-state index in [4.69, 9.17) is 7.66 Å². The molecule has 0 saturated carbocycles. The summed E-state index contributed by atoms with van der Waals surface area (Å²) in [4.78, 5) is 0. The molecule has 4 heteroatoms. The summed E-state index contributed by atoms with van der Waals surface area (Å²) in [7, 11) is 0. The lowest BCUT2D eigenvalue weighted by Crippen LogP contribution is -1.99. The van der Waals surface area contributed by atoms with E-state index in [2.05, 4.69) is 81.0 Å². The molecule has 0 spiro atoms. The SMILES string of the molecule is BrOc1c(-c2ccccc2)c(-c2ccccc2)c(OBr)c(-c2ccccc2)c1-c1ccccc1. The van der Waals surface area contributed by atoms with E-state index in [1.807, 2.05) is 72.8 Å². The van der Waals surface area contributed by atoms with E-state index in [-0.39, 0.29) is 0 Å². The zero-order valence-electron chi connectivity index (χ0n) is 18.1. The van der Waals surface area contributed by atoms with Crippen LogP contribution in [0.2, 0.25) is 0 Å². The van der Waals surface area contributed by atoms with Crippen molar-refractivity contribution >= 4 is 32.5 Å². The Hall–Kier alpha value is -3.34. The van der Waals surface area contributed by atoms with Gasteiger partial charge in [-0.15, -0.1) is 0 Å². The molecule has 0 aromatic heterocycles. The smallest absolute Gasteiger partial charge is 0.179 e. The minimum absolute atomic E-state index is 0.725. The lowest BCUT2D eigenvalue weighted by Gasteiger charge is -2.24. The minimum atomic E-state index is 0.725. The van der Waals surface area contributed by atoms with Crippen LogP contribution in [0.4, 0.5) is 0 Å². The Morgan fingerprint density at radius 3 is 0.706 bits per heavy atom. The van der Waals surface area contributed by atoms with Gasteiger partial charge in [0.05, 0.1) is 0 Å². The Bertz CT molecular complexity index is 1170. The molecule has 5 aromatic rings. The zero-order valence-corrected chi connectivity index (χ0v) is 21.3. The first kappa shape index (κ1) is 22.5. The van der Waals surface area contributed by atoms with Crippen molar-refractivity contribution in [3.63, 3.8) is 0 Å². The molecule has 5 rings (SSSR count). The van der Waals surface area contributed by atoms with Gasteiger partial charge in [-0.3, -0.25) is 0 Å². The molecule has 0 aliphatic rings. The fourth-order valence-corrected chi connectivity index (χ4v) is 5.03. The number of rotatable bonds is 6. The Balaban J connectivity index is 2.03. The zero-order chi connectivity index (χ0) is 23.3. The van der Waals surface area contributed by atoms with Crippen molar-refractivity contribution in [1.82, 2.24) is 0 Å². The average Bonchev–Trinajstić information content (AvgIpc) is 2.93. The summed E-state index contributed by atoms with van der Waals surface area (Å²) >= 11 is 6.72. The highest BCUT2D eigenvalue weighted by atomic mass is 79.9. The number of hydrogen-bond acceptors (Lipinski definition) is 2. The van der Waals surface area contributed by atoms with Crippen LogP contribution in [0.25, 0.3) is 44.5 Å². The van der Waals surface area contributed by atoms with Crippen molar-refractivity contribution in [3.05, 3.63) is 121 Å². The normalized spacial score (nSPS) is 10.6. The summed E-state index contributed by atoms with van der Waals surface area (Å²) in [5.74, 6) is 1.45. The highest BCUT2D eigenvalue weighted by molar-refractivity contribution is 9.06. The molecule has 0 amide bonds. The standard InChI is InChI=1S/C30H20Br2O2/c31-33-29-25(21-13-5-1-6-14-21)26(22-15-7-2-8-16-22)30(34-32)28(24-19-11-4-12-20-24)27(29)23-17-9-3-10-18-23/h1-20H. The van der Waals surface area contributed by atoms with Gasteiger partial charge in [-0.25, -0.2) is 0 Å². The van der Waals surface area contributed by atoms with E-state index in [0.29, 0.717) is 0 Å². The molecule has 5 aromatic carbocycles. The first-order valence-corrected chi connectivity index (χ1v) is 12.2. The largest absolute Gasteiger partial charge is 0.417 e. The van der Waals surface area contributed by atoms with Crippen molar-refractivity contribution in [2.75, 3.05) is 0 Å². The molecule has 0 N–H and O–H groups in total. The van der Waals surface area contributed by atoms with Crippen LogP contribution in [0.5, 0.6) is 11.5 Å². The Labute approximate surface area is 216 Å². The summed E-state index contributed by atoms with van der Waals surface area (Å²) in [5.41, 5.74) is 7.87. The lowest BCUT2D eigenvalue weighted by atomic mass is 9.83. The van der Waals surface area contributed by atoms with Gasteiger partial charge in [0.2, 0.25) is 0 Å². The third-order valence-electron chi connectivity index (χ3n) is 5.81. The van der Waals surface area contributed by atoms with Crippen LogP contribution in [0.3, 0.4) is 0 Å². The molecule has 0 aliphatic heterocycles. The van der Waals surface area contributed by atoms with Crippen LogP contribution in [-0.4, -0.2) is 0 Å². The van der Waals surface area contributed by atoms with Crippen LogP contribution in [-0.2, 0) is 0 Å². The lowest BCUT2D eigenvalue weighted by molar-refractivity contribution is 0.667. The van der Waals surface area contributed by atoms with E-state index >= 15 is 0 Å². The van der Waals surface area contributed by atoms with Crippen LogP contribution in [0.1, 0.15) is 0 Å². The van der Waals surface area contributed by atoms with Crippen LogP contribution in [0.15, 0.2) is 121 Å². The number of hydrogen-bond donors (Lipinski definition) is 0. The maximum Gasteiger partial charge on any atom is 0.179 e. The molecule has 0 aliphatic carbocycles. The summed E-state index contributed by atoms with van der Waals surface area (Å²) in [6.07, 6.45) is 0. The monoisotopic (exact) mass is 570 g/mol. The van der Waals surface area contributed by atoms with Crippen molar-refractivity contribution in [2.45, 2.75) is 0 Å². The van der Waals surface area contributed by atoms with E-state index < -0.39 is 0 Å². The Morgan fingerprint density at radius 2 is 0.529 bits per heavy atom. The highest BCUT2D eigenvalue weighted by Crippen LogP contribution is 2.56. The highest BCUT2D eigenvalue weighted by Gasteiger charge is 2.29. The van der Waals surface area contributed by atoms with Crippen LogP contribution in [0, 0.1) is 0 Å². The molecule has 0 atom stereocenters. The third kappa shape index (κ3) is 4.15. The second-order valence-electron chi connectivity index (χ2n) is 7.78. The first-order valence-electron chi connectivity index (χ1n) is 10.9. The molecule has 0 heterocycles. The molecule has 0 unspecified atom stereocenters. The van der Waals surface area contributed by atoms with Gasteiger partial charge >= 0.3 is 0 Å². The molecular weight excluding hydrogens is 552 g/mol. The number of benzene rings is 5. The molecule has 2 nitrogen and oxygen atoms in total. The average molecular weight is 572 g/mol. The van der Waals surface area contributed by atoms with Gasteiger partial charge in [0, 0.05) is 22.3 Å². The maximum absolute atomic E-state index is 6.05. The van der Waals surface area contributed by atoms with E-state index in [0.717, 1.165) is 56.0 Å². The molecule has 0 bridgehead atoms. The van der Waals surface area contributed by atoms with E-state index in [1.165, 1.54) is 0 Å². The van der Waals surface area contributed by atoms with Crippen LogP contribution >= 0.6 is 32.5 Å². The second kappa shape index (κ2) is 10.3. The van der Waals surface area contributed by atoms with Crippen molar-refractivity contribution in [3.8, 4) is 56.0 Å². The third-order valence-corrected chi connectivity index (χ3v) is 6.46. The molecule has 0 saturated heterocycles. The van der Waals surface area contributed by atoms with Crippen molar-refractivity contribution in [2.24, 2.45) is 0 Å². The van der Waals surface area contributed by atoms with Gasteiger partial charge in [-0.1, -0.05) is 121 Å². The van der Waals surface area contributed by atoms with Gasteiger partial charge in [0.15, 0.2) is 44.0 Å². The second-order valence-corrected chi connectivity index (χ2v) is 8.42. The maximum atomic E-state index is 6.05. The summed E-state index contributed by atoms with van der Waals surface area (Å²) in [6.45, 7) is 0.